The number of carbonyl (C=O) groups excluding carboxylic acids is 1. The van der Waals surface area contributed by atoms with Crippen molar-refractivity contribution in [1.29, 1.82) is 5.26 Å². The van der Waals surface area contributed by atoms with Gasteiger partial charge >= 0.3 is 0 Å². The molecule has 0 aliphatic carbocycles. The fourth-order valence-electron chi connectivity index (χ4n) is 5.66. The standard InChI is InChI=1S/C31H34ClFN6O2/c1-41-29-18-27-24(31(21(19-34)20-35-27)36-22-7-8-26(33)25(32)16-22)17-28(29)37-30(40)6-5-11-38-14-9-23(10-15-38)39-12-3-2-4-13-39/h5-8,16-18,20,23H,2-4,9-15H2,1H3,(H,35,36)(H,37,40). The first-order chi connectivity index (χ1) is 19.9. The lowest BCUT2D eigenvalue weighted by atomic mass is 10.00. The van der Waals surface area contributed by atoms with Gasteiger partial charge < -0.3 is 20.3 Å². The first-order valence-electron chi connectivity index (χ1n) is 14.0. The summed E-state index contributed by atoms with van der Waals surface area (Å²) in [6.07, 6.45) is 11.2. The van der Waals surface area contributed by atoms with Crippen LogP contribution in [0.1, 0.15) is 37.7 Å². The van der Waals surface area contributed by atoms with Crippen LogP contribution in [0, 0.1) is 17.1 Å². The van der Waals surface area contributed by atoms with Gasteiger partial charge in [-0.3, -0.25) is 14.7 Å². The smallest absolute Gasteiger partial charge is 0.248 e. The number of ether oxygens (including phenoxy) is 1. The molecule has 0 unspecified atom stereocenters. The second kappa shape index (κ2) is 13.3. The van der Waals surface area contributed by atoms with E-state index in [1.807, 2.05) is 6.08 Å². The van der Waals surface area contributed by atoms with E-state index in [1.165, 1.54) is 76.7 Å². The number of fused-ring (bicyclic) bond motifs is 1. The van der Waals surface area contributed by atoms with E-state index in [0.29, 0.717) is 39.8 Å². The van der Waals surface area contributed by atoms with Gasteiger partial charge in [0.25, 0.3) is 0 Å². The fraction of sp³-hybridized carbons (Fsp3) is 0.387. The van der Waals surface area contributed by atoms with E-state index in [2.05, 4.69) is 31.5 Å². The molecule has 0 bridgehead atoms. The first-order valence-corrected chi connectivity index (χ1v) is 14.4. The summed E-state index contributed by atoms with van der Waals surface area (Å²) < 4.78 is 19.2. The van der Waals surface area contributed by atoms with Crippen LogP contribution in [0.15, 0.2) is 48.7 Å². The molecule has 3 aromatic rings. The van der Waals surface area contributed by atoms with Gasteiger partial charge in [-0.2, -0.15) is 5.26 Å². The van der Waals surface area contributed by atoms with Gasteiger partial charge in [-0.05, 0) is 76.1 Å². The summed E-state index contributed by atoms with van der Waals surface area (Å²) in [5, 5.41) is 16.3. The van der Waals surface area contributed by atoms with Gasteiger partial charge in [0, 0.05) is 42.0 Å². The number of nitriles is 1. The average Bonchev–Trinajstić information content (AvgIpc) is 2.99. The molecule has 2 fully saturated rings. The number of nitrogens with one attached hydrogen (secondary N) is 2. The Balaban J connectivity index is 1.27. The van der Waals surface area contributed by atoms with E-state index in [1.54, 1.807) is 18.2 Å². The summed E-state index contributed by atoms with van der Waals surface area (Å²) in [7, 11) is 1.52. The van der Waals surface area contributed by atoms with Gasteiger partial charge in [-0.15, -0.1) is 0 Å². The van der Waals surface area contributed by atoms with Crippen molar-refractivity contribution >= 4 is 45.5 Å². The highest BCUT2D eigenvalue weighted by Gasteiger charge is 2.25. The molecule has 41 heavy (non-hydrogen) atoms. The van der Waals surface area contributed by atoms with E-state index in [4.69, 9.17) is 16.3 Å². The van der Waals surface area contributed by atoms with E-state index in [9.17, 15) is 14.4 Å². The third-order valence-electron chi connectivity index (χ3n) is 7.85. The molecule has 2 aliphatic heterocycles. The number of methoxy groups -OCH3 is 1. The maximum Gasteiger partial charge on any atom is 0.248 e. The number of halogens is 2. The lowest BCUT2D eigenvalue weighted by Crippen LogP contribution is -2.46. The van der Waals surface area contributed by atoms with Crippen molar-refractivity contribution in [3.05, 3.63) is 65.1 Å². The predicted molar refractivity (Wildman–Crippen MR) is 160 cm³/mol. The van der Waals surface area contributed by atoms with Crippen molar-refractivity contribution in [2.24, 2.45) is 0 Å². The van der Waals surface area contributed by atoms with Crippen molar-refractivity contribution in [2.45, 2.75) is 38.1 Å². The predicted octanol–water partition coefficient (Wildman–Crippen LogP) is 6.10. The van der Waals surface area contributed by atoms with E-state index in [0.717, 1.165) is 19.6 Å². The largest absolute Gasteiger partial charge is 0.494 e. The zero-order valence-corrected chi connectivity index (χ0v) is 23.9. The second-order valence-corrected chi connectivity index (χ2v) is 10.9. The molecule has 0 radical (unpaired) electrons. The van der Waals surface area contributed by atoms with Gasteiger partial charge in [-0.25, -0.2) is 4.39 Å². The molecule has 214 valence electrons. The number of anilines is 3. The molecule has 0 atom stereocenters. The lowest BCUT2D eigenvalue weighted by molar-refractivity contribution is -0.111. The molecule has 2 saturated heterocycles. The van der Waals surface area contributed by atoms with Gasteiger partial charge in [0.05, 0.1) is 34.6 Å². The van der Waals surface area contributed by atoms with Crippen LogP contribution in [0.5, 0.6) is 5.75 Å². The van der Waals surface area contributed by atoms with Crippen molar-refractivity contribution in [3.8, 4) is 11.8 Å². The highest BCUT2D eigenvalue weighted by Crippen LogP contribution is 2.36. The summed E-state index contributed by atoms with van der Waals surface area (Å²) in [4.78, 5) is 22.3. The third-order valence-corrected chi connectivity index (χ3v) is 8.14. The molecule has 1 aromatic heterocycles. The number of likely N-dealkylation sites (tertiary alicyclic amines) is 2. The van der Waals surface area contributed by atoms with E-state index < -0.39 is 5.82 Å². The molecule has 0 saturated carbocycles. The molecule has 1 amide bonds. The molecule has 10 heteroatoms. The van der Waals surface area contributed by atoms with Crippen LogP contribution < -0.4 is 15.4 Å². The topological polar surface area (TPSA) is 93.5 Å². The number of hydrogen-bond donors (Lipinski definition) is 2. The Morgan fingerprint density at radius 3 is 2.68 bits per heavy atom. The number of amides is 1. The maximum atomic E-state index is 13.7. The van der Waals surface area contributed by atoms with Gasteiger partial charge in [0.1, 0.15) is 17.6 Å². The van der Waals surface area contributed by atoms with Crippen LogP contribution in [-0.4, -0.2) is 66.6 Å². The zero-order chi connectivity index (χ0) is 28.8. The SMILES string of the molecule is COc1cc2ncc(C#N)c(Nc3ccc(F)c(Cl)c3)c2cc1NC(=O)C=CCN1CCC(N2CCCCC2)CC1. The summed E-state index contributed by atoms with van der Waals surface area (Å²) in [6, 6.07) is 10.5. The molecule has 8 nitrogen and oxygen atoms in total. The Labute approximate surface area is 244 Å². The van der Waals surface area contributed by atoms with E-state index >= 15 is 0 Å². The minimum absolute atomic E-state index is 0.0420. The Kier molecular flexibility index (Phi) is 9.35. The van der Waals surface area contributed by atoms with Crippen LogP contribution in [0.25, 0.3) is 10.9 Å². The molecule has 2 aliphatic rings. The Morgan fingerprint density at radius 1 is 1.20 bits per heavy atom. The summed E-state index contributed by atoms with van der Waals surface area (Å²) in [6.45, 7) is 5.26. The third kappa shape index (κ3) is 6.96. The number of benzene rings is 2. The molecule has 2 aromatic carbocycles. The quantitative estimate of drug-likeness (QED) is 0.313. The molecular formula is C31H34ClFN6O2. The van der Waals surface area contributed by atoms with Crippen LogP contribution >= 0.6 is 11.6 Å². The zero-order valence-electron chi connectivity index (χ0n) is 23.1. The molecule has 2 N–H and O–H groups in total. The number of carbonyl (C=O) groups is 1. The lowest BCUT2D eigenvalue weighted by Gasteiger charge is -2.40. The normalized spacial score (nSPS) is 17.0. The Bertz CT molecular complexity index is 1480. The number of hydrogen-bond acceptors (Lipinski definition) is 7. The second-order valence-electron chi connectivity index (χ2n) is 10.5. The maximum absolute atomic E-state index is 13.7. The van der Waals surface area contributed by atoms with E-state index in [-0.39, 0.29) is 16.5 Å². The number of nitrogens with zero attached hydrogens (tertiary/aromatic N) is 4. The van der Waals surface area contributed by atoms with Crippen LogP contribution in [0.2, 0.25) is 5.02 Å². The van der Waals surface area contributed by atoms with Gasteiger partial charge in [0.15, 0.2) is 0 Å². The fourth-order valence-corrected chi connectivity index (χ4v) is 5.84. The number of rotatable bonds is 8. The molecule has 3 heterocycles. The van der Waals surface area contributed by atoms with Crippen molar-refractivity contribution in [1.82, 2.24) is 14.8 Å². The number of pyridine rings is 1. The highest BCUT2D eigenvalue weighted by atomic mass is 35.5. The molecule has 0 spiro atoms. The molecular weight excluding hydrogens is 543 g/mol. The number of piperidine rings is 2. The summed E-state index contributed by atoms with van der Waals surface area (Å²) in [5.41, 5.74) is 2.24. The summed E-state index contributed by atoms with van der Waals surface area (Å²) in [5.74, 6) is -0.385. The minimum atomic E-state index is -0.540. The number of aromatic nitrogens is 1. The van der Waals surface area contributed by atoms with Crippen molar-refractivity contribution in [2.75, 3.05) is 50.5 Å². The monoisotopic (exact) mass is 576 g/mol. The van der Waals surface area contributed by atoms with Crippen LogP contribution in [-0.2, 0) is 4.79 Å². The van der Waals surface area contributed by atoms with Crippen LogP contribution in [0.4, 0.5) is 21.5 Å². The van der Waals surface area contributed by atoms with Crippen molar-refractivity contribution < 1.29 is 13.9 Å². The Hall–Kier alpha value is -3.71. The molecule has 5 rings (SSSR count). The highest BCUT2D eigenvalue weighted by molar-refractivity contribution is 6.31. The van der Waals surface area contributed by atoms with Crippen LogP contribution in [0.3, 0.4) is 0 Å². The minimum Gasteiger partial charge on any atom is -0.494 e. The average molecular weight is 577 g/mol. The Morgan fingerprint density at radius 2 is 1.98 bits per heavy atom. The van der Waals surface area contributed by atoms with Gasteiger partial charge in [-0.1, -0.05) is 24.1 Å². The summed E-state index contributed by atoms with van der Waals surface area (Å²) >= 11 is 5.96. The van der Waals surface area contributed by atoms with Gasteiger partial charge in [0.2, 0.25) is 5.91 Å². The van der Waals surface area contributed by atoms with Crippen molar-refractivity contribution in [3.63, 3.8) is 0 Å². The first kappa shape index (κ1) is 28.8.